The minimum absolute atomic E-state index is 0.303. The maximum Gasteiger partial charge on any atom is 0.126 e. The van der Waals surface area contributed by atoms with Gasteiger partial charge in [0.2, 0.25) is 0 Å². The molecule has 2 aromatic rings. The number of hydrogen-bond donors (Lipinski definition) is 2. The molecule has 1 aliphatic rings. The number of hydrogen-bond acceptors (Lipinski definition) is 6. The van der Waals surface area contributed by atoms with E-state index in [1.807, 2.05) is 19.3 Å². The molecule has 0 radical (unpaired) electrons. The number of nitrogens with one attached hydrogen (secondary N) is 1. The number of aliphatic hydroxyl groups excluding tert-OH is 1. The van der Waals surface area contributed by atoms with E-state index in [4.69, 9.17) is 0 Å². The Hall–Kier alpha value is -2.15. The molecule has 118 valence electrons. The minimum atomic E-state index is 0.303. The lowest BCUT2D eigenvalue weighted by atomic mass is 9.98. The first-order chi connectivity index (χ1) is 10.8. The van der Waals surface area contributed by atoms with Gasteiger partial charge in [0.25, 0.3) is 0 Å². The summed E-state index contributed by atoms with van der Waals surface area (Å²) in [6, 6.07) is 4.09. The topological polar surface area (TPSA) is 79.1 Å². The van der Waals surface area contributed by atoms with E-state index < -0.39 is 0 Å². The Labute approximate surface area is 130 Å². The SMILES string of the molecule is Cn1nncc1CNc1ccc(N2CCC(CO)CC2)cn1. The van der Waals surface area contributed by atoms with Crippen LogP contribution in [-0.2, 0) is 13.6 Å². The van der Waals surface area contributed by atoms with E-state index in [1.54, 1.807) is 10.9 Å². The molecule has 7 nitrogen and oxygen atoms in total. The van der Waals surface area contributed by atoms with Gasteiger partial charge in [-0.2, -0.15) is 0 Å². The van der Waals surface area contributed by atoms with Crippen molar-refractivity contribution in [2.75, 3.05) is 29.9 Å². The van der Waals surface area contributed by atoms with E-state index in [9.17, 15) is 5.11 Å². The molecule has 1 saturated heterocycles. The van der Waals surface area contributed by atoms with Crippen molar-refractivity contribution < 1.29 is 5.11 Å². The van der Waals surface area contributed by atoms with Gasteiger partial charge < -0.3 is 15.3 Å². The quantitative estimate of drug-likeness (QED) is 0.859. The lowest BCUT2D eigenvalue weighted by Gasteiger charge is -2.32. The predicted molar refractivity (Wildman–Crippen MR) is 84.6 cm³/mol. The summed E-state index contributed by atoms with van der Waals surface area (Å²) >= 11 is 0. The Morgan fingerprint density at radius 3 is 2.68 bits per heavy atom. The van der Waals surface area contributed by atoms with Crippen LogP contribution in [0.3, 0.4) is 0 Å². The molecule has 0 aromatic carbocycles. The first kappa shape index (κ1) is 14.8. The summed E-state index contributed by atoms with van der Waals surface area (Å²) in [5.41, 5.74) is 2.15. The highest BCUT2D eigenvalue weighted by molar-refractivity contribution is 5.49. The summed E-state index contributed by atoms with van der Waals surface area (Å²) in [6.07, 6.45) is 5.74. The second-order valence-electron chi connectivity index (χ2n) is 5.72. The van der Waals surface area contributed by atoms with Crippen molar-refractivity contribution in [1.82, 2.24) is 20.0 Å². The van der Waals surface area contributed by atoms with Gasteiger partial charge in [-0.1, -0.05) is 5.21 Å². The average Bonchev–Trinajstić information content (AvgIpc) is 2.99. The fourth-order valence-electron chi connectivity index (χ4n) is 2.70. The fraction of sp³-hybridized carbons (Fsp3) is 0.533. The molecule has 2 aromatic heterocycles. The summed E-state index contributed by atoms with van der Waals surface area (Å²) in [6.45, 7) is 2.93. The van der Waals surface area contributed by atoms with Gasteiger partial charge in [-0.3, -0.25) is 4.68 Å². The van der Waals surface area contributed by atoms with E-state index >= 15 is 0 Å². The van der Waals surface area contributed by atoms with Crippen LogP contribution < -0.4 is 10.2 Å². The number of aromatic nitrogens is 4. The van der Waals surface area contributed by atoms with Gasteiger partial charge in [0, 0.05) is 26.7 Å². The van der Waals surface area contributed by atoms with Gasteiger partial charge in [0.15, 0.2) is 0 Å². The number of rotatable bonds is 5. The number of nitrogens with zero attached hydrogens (tertiary/aromatic N) is 5. The zero-order valence-electron chi connectivity index (χ0n) is 12.8. The molecule has 22 heavy (non-hydrogen) atoms. The third kappa shape index (κ3) is 3.36. The maximum absolute atomic E-state index is 9.19. The highest BCUT2D eigenvalue weighted by Gasteiger charge is 2.18. The normalized spacial score (nSPS) is 16.0. The van der Waals surface area contributed by atoms with Crippen molar-refractivity contribution in [3.8, 4) is 0 Å². The molecule has 0 aliphatic carbocycles. The van der Waals surface area contributed by atoms with Crippen LogP contribution in [0, 0.1) is 5.92 Å². The molecule has 7 heteroatoms. The van der Waals surface area contributed by atoms with Crippen LogP contribution in [0.25, 0.3) is 0 Å². The van der Waals surface area contributed by atoms with Crippen LogP contribution in [0.15, 0.2) is 24.5 Å². The van der Waals surface area contributed by atoms with Crippen LogP contribution in [0.1, 0.15) is 18.5 Å². The number of pyridine rings is 1. The molecule has 1 aliphatic heterocycles. The standard InChI is InChI=1S/C15H22N6O/c1-20-14(10-18-19-20)9-17-15-3-2-13(8-16-15)21-6-4-12(11-22)5-7-21/h2-3,8,10,12,22H,4-7,9,11H2,1H3,(H,16,17). The molecule has 0 atom stereocenters. The lowest BCUT2D eigenvalue weighted by molar-refractivity contribution is 0.203. The van der Waals surface area contributed by atoms with E-state index in [-0.39, 0.29) is 0 Å². The van der Waals surface area contributed by atoms with Crippen LogP contribution in [0.5, 0.6) is 0 Å². The third-order valence-corrected chi connectivity index (χ3v) is 4.24. The van der Waals surface area contributed by atoms with Gasteiger partial charge in [-0.05, 0) is 30.9 Å². The average molecular weight is 302 g/mol. The Morgan fingerprint density at radius 1 is 1.27 bits per heavy atom. The molecular weight excluding hydrogens is 280 g/mol. The monoisotopic (exact) mass is 302 g/mol. The zero-order chi connectivity index (χ0) is 15.4. The highest BCUT2D eigenvalue weighted by atomic mass is 16.3. The molecule has 1 fully saturated rings. The molecule has 0 unspecified atom stereocenters. The summed E-state index contributed by atoms with van der Waals surface area (Å²) < 4.78 is 1.74. The van der Waals surface area contributed by atoms with Crippen molar-refractivity contribution in [3.63, 3.8) is 0 Å². The Morgan fingerprint density at radius 2 is 2.09 bits per heavy atom. The summed E-state index contributed by atoms with van der Waals surface area (Å²) in [7, 11) is 1.87. The number of aliphatic hydroxyl groups is 1. The molecular formula is C15H22N6O. The summed E-state index contributed by atoms with van der Waals surface area (Å²) in [5, 5.41) is 20.2. The molecule has 3 rings (SSSR count). The van der Waals surface area contributed by atoms with E-state index in [0.717, 1.165) is 43.1 Å². The van der Waals surface area contributed by atoms with Gasteiger partial charge in [0.1, 0.15) is 5.82 Å². The molecule has 0 bridgehead atoms. The fourth-order valence-corrected chi connectivity index (χ4v) is 2.70. The molecule has 2 N–H and O–H groups in total. The highest BCUT2D eigenvalue weighted by Crippen LogP contribution is 2.23. The van der Waals surface area contributed by atoms with E-state index in [1.165, 1.54) is 0 Å². The number of piperidine rings is 1. The zero-order valence-corrected chi connectivity index (χ0v) is 12.8. The van der Waals surface area contributed by atoms with Crippen molar-refractivity contribution >= 4 is 11.5 Å². The molecule has 0 amide bonds. The van der Waals surface area contributed by atoms with Crippen molar-refractivity contribution in [1.29, 1.82) is 0 Å². The van der Waals surface area contributed by atoms with Crippen molar-refractivity contribution in [2.24, 2.45) is 13.0 Å². The van der Waals surface area contributed by atoms with Crippen LogP contribution in [0.2, 0.25) is 0 Å². The van der Waals surface area contributed by atoms with Crippen molar-refractivity contribution in [2.45, 2.75) is 19.4 Å². The van der Waals surface area contributed by atoms with Gasteiger partial charge in [0.05, 0.1) is 30.3 Å². The Bertz CT molecular complexity index is 588. The number of aryl methyl sites for hydroxylation is 1. The van der Waals surface area contributed by atoms with Crippen molar-refractivity contribution in [3.05, 3.63) is 30.2 Å². The number of anilines is 2. The first-order valence-electron chi connectivity index (χ1n) is 7.65. The third-order valence-electron chi connectivity index (χ3n) is 4.24. The van der Waals surface area contributed by atoms with Gasteiger partial charge in [-0.15, -0.1) is 5.10 Å². The molecule has 3 heterocycles. The van der Waals surface area contributed by atoms with E-state index in [0.29, 0.717) is 19.1 Å². The molecule has 0 spiro atoms. The molecule has 0 saturated carbocycles. The smallest absolute Gasteiger partial charge is 0.126 e. The minimum Gasteiger partial charge on any atom is -0.396 e. The maximum atomic E-state index is 9.19. The second kappa shape index (κ2) is 6.74. The summed E-state index contributed by atoms with van der Waals surface area (Å²) in [5.74, 6) is 1.30. The Balaban J connectivity index is 1.55. The Kier molecular flexibility index (Phi) is 4.53. The van der Waals surface area contributed by atoms with Crippen LogP contribution in [-0.4, -0.2) is 44.8 Å². The van der Waals surface area contributed by atoms with Gasteiger partial charge in [-0.25, -0.2) is 4.98 Å². The second-order valence-corrected chi connectivity index (χ2v) is 5.72. The van der Waals surface area contributed by atoms with E-state index in [2.05, 4.69) is 31.6 Å². The lowest BCUT2D eigenvalue weighted by Crippen LogP contribution is -2.34. The van der Waals surface area contributed by atoms with Crippen LogP contribution in [0.4, 0.5) is 11.5 Å². The first-order valence-corrected chi connectivity index (χ1v) is 7.65. The largest absolute Gasteiger partial charge is 0.396 e. The predicted octanol–water partition coefficient (Wildman–Crippen LogP) is 1.03. The summed E-state index contributed by atoms with van der Waals surface area (Å²) in [4.78, 5) is 6.80. The van der Waals surface area contributed by atoms with Crippen LogP contribution >= 0.6 is 0 Å². The van der Waals surface area contributed by atoms with Gasteiger partial charge >= 0.3 is 0 Å².